The Morgan fingerprint density at radius 3 is 2.75 bits per heavy atom. The summed E-state index contributed by atoms with van der Waals surface area (Å²) in [5.74, 6) is -0.229. The van der Waals surface area contributed by atoms with Gasteiger partial charge in [0, 0.05) is 18.5 Å². The molecule has 1 aromatic carbocycles. The highest BCUT2D eigenvalue weighted by Gasteiger charge is 2.17. The molecule has 0 amide bonds. The van der Waals surface area contributed by atoms with E-state index in [9.17, 15) is 9.18 Å². The maximum Gasteiger partial charge on any atom is 0.326 e. The van der Waals surface area contributed by atoms with E-state index in [1.54, 1.807) is 17.7 Å². The fourth-order valence-electron chi connectivity index (χ4n) is 2.43. The quantitative estimate of drug-likeness (QED) is 0.739. The maximum atomic E-state index is 13.7. The Kier molecular flexibility index (Phi) is 2.93. The zero-order valence-electron chi connectivity index (χ0n) is 11.3. The Hall–Kier alpha value is -1.69. The molecule has 0 saturated heterocycles. The largest absolute Gasteiger partial charge is 0.326 e. The first-order valence-electron chi connectivity index (χ1n) is 6.27. The smallest absolute Gasteiger partial charge is 0.305 e. The first-order chi connectivity index (χ1) is 9.40. The Bertz CT molecular complexity index is 895. The van der Waals surface area contributed by atoms with Crippen LogP contribution in [-0.4, -0.2) is 14.5 Å². The molecule has 0 saturated carbocycles. The number of H-pyrrole nitrogens is 1. The summed E-state index contributed by atoms with van der Waals surface area (Å²) in [5.41, 5.74) is 2.61. The van der Waals surface area contributed by atoms with Crippen molar-refractivity contribution in [3.63, 3.8) is 0 Å². The summed E-state index contributed by atoms with van der Waals surface area (Å²) in [7, 11) is 1.71. The van der Waals surface area contributed by atoms with Crippen molar-refractivity contribution in [1.29, 1.82) is 0 Å². The van der Waals surface area contributed by atoms with Crippen molar-refractivity contribution < 1.29 is 4.39 Å². The van der Waals surface area contributed by atoms with Crippen LogP contribution in [0.2, 0.25) is 0 Å². The Morgan fingerprint density at radius 1 is 1.40 bits per heavy atom. The number of halogens is 2. The second kappa shape index (κ2) is 4.41. The molecular weight excluding hydrogens is 325 g/mol. The van der Waals surface area contributed by atoms with Gasteiger partial charge in [0.2, 0.25) is 0 Å². The van der Waals surface area contributed by atoms with E-state index in [2.05, 4.69) is 25.9 Å². The van der Waals surface area contributed by atoms with Crippen molar-refractivity contribution in [3.05, 3.63) is 38.6 Å². The topological polar surface area (TPSA) is 50.7 Å². The van der Waals surface area contributed by atoms with E-state index in [4.69, 9.17) is 0 Å². The second-order valence-corrected chi connectivity index (χ2v) is 6.00. The number of hydrogen-bond donors (Lipinski definition) is 1. The third-order valence-corrected chi connectivity index (χ3v) is 4.05. The van der Waals surface area contributed by atoms with Crippen LogP contribution in [0.15, 0.2) is 21.4 Å². The minimum absolute atomic E-state index is 0.134. The van der Waals surface area contributed by atoms with Gasteiger partial charge in [0.1, 0.15) is 5.82 Å². The predicted molar refractivity (Wildman–Crippen MR) is 80.6 cm³/mol. The number of hydrogen-bond acceptors (Lipinski definition) is 2. The van der Waals surface area contributed by atoms with Crippen molar-refractivity contribution in [1.82, 2.24) is 14.5 Å². The number of aromatic nitrogens is 3. The number of aromatic amines is 1. The number of nitrogens with zero attached hydrogens (tertiary/aromatic N) is 2. The zero-order valence-corrected chi connectivity index (χ0v) is 12.9. The molecule has 0 unspecified atom stereocenters. The van der Waals surface area contributed by atoms with Gasteiger partial charge in [0.25, 0.3) is 0 Å². The van der Waals surface area contributed by atoms with Crippen LogP contribution in [0.1, 0.15) is 25.5 Å². The van der Waals surface area contributed by atoms with E-state index >= 15 is 0 Å². The first-order valence-corrected chi connectivity index (χ1v) is 7.06. The molecule has 104 valence electrons. The number of aryl methyl sites for hydroxylation is 1. The molecule has 2 aromatic heterocycles. The SMILES string of the molecule is CC(C)c1nc2cc(F)c(Br)cc2c2[nH]c(=O)n(C)c12. The highest BCUT2D eigenvalue weighted by molar-refractivity contribution is 9.10. The number of nitrogens with one attached hydrogen (secondary N) is 1. The lowest BCUT2D eigenvalue weighted by Gasteiger charge is -2.10. The fourth-order valence-corrected chi connectivity index (χ4v) is 2.77. The molecule has 20 heavy (non-hydrogen) atoms. The monoisotopic (exact) mass is 337 g/mol. The molecule has 0 aliphatic heterocycles. The normalized spacial score (nSPS) is 11.9. The summed E-state index contributed by atoms with van der Waals surface area (Å²) in [4.78, 5) is 19.3. The minimum Gasteiger partial charge on any atom is -0.305 e. The number of benzene rings is 1. The van der Waals surface area contributed by atoms with Gasteiger partial charge < -0.3 is 4.98 Å². The average molecular weight is 338 g/mol. The lowest BCUT2D eigenvalue weighted by molar-refractivity contribution is 0.622. The molecule has 0 aliphatic carbocycles. The van der Waals surface area contributed by atoms with Crippen LogP contribution in [0.5, 0.6) is 0 Å². The molecule has 1 N–H and O–H groups in total. The second-order valence-electron chi connectivity index (χ2n) is 5.15. The number of rotatable bonds is 1. The van der Waals surface area contributed by atoms with Crippen LogP contribution < -0.4 is 5.69 Å². The van der Waals surface area contributed by atoms with Gasteiger partial charge in [0.15, 0.2) is 0 Å². The van der Waals surface area contributed by atoms with Crippen LogP contribution >= 0.6 is 15.9 Å². The predicted octanol–water partition coefficient (Wildman–Crippen LogP) is 3.44. The van der Waals surface area contributed by atoms with Crippen molar-refractivity contribution in [3.8, 4) is 0 Å². The van der Waals surface area contributed by atoms with E-state index in [-0.39, 0.29) is 17.4 Å². The first kappa shape index (κ1) is 13.3. The molecule has 3 rings (SSSR count). The number of fused-ring (bicyclic) bond motifs is 3. The van der Waals surface area contributed by atoms with Crippen LogP contribution in [-0.2, 0) is 7.05 Å². The molecule has 0 fully saturated rings. The van der Waals surface area contributed by atoms with E-state index in [1.165, 1.54) is 6.07 Å². The number of pyridine rings is 1. The van der Waals surface area contributed by atoms with Gasteiger partial charge in [-0.1, -0.05) is 13.8 Å². The van der Waals surface area contributed by atoms with Gasteiger partial charge in [0.05, 0.1) is 26.7 Å². The van der Waals surface area contributed by atoms with Crippen LogP contribution in [0.4, 0.5) is 4.39 Å². The zero-order chi connectivity index (χ0) is 14.6. The van der Waals surface area contributed by atoms with Gasteiger partial charge in [-0.25, -0.2) is 9.18 Å². The summed E-state index contributed by atoms with van der Waals surface area (Å²) in [5, 5.41) is 0.732. The van der Waals surface area contributed by atoms with Crippen molar-refractivity contribution in [2.45, 2.75) is 19.8 Å². The summed E-state index contributed by atoms with van der Waals surface area (Å²) in [6.45, 7) is 4.00. The molecule has 6 heteroatoms. The third kappa shape index (κ3) is 1.78. The van der Waals surface area contributed by atoms with Gasteiger partial charge in [-0.15, -0.1) is 0 Å². The highest BCUT2D eigenvalue weighted by Crippen LogP contribution is 2.31. The molecule has 3 aromatic rings. The maximum absolute atomic E-state index is 13.7. The summed E-state index contributed by atoms with van der Waals surface area (Å²) >= 11 is 3.17. The molecule has 4 nitrogen and oxygen atoms in total. The van der Waals surface area contributed by atoms with Crippen molar-refractivity contribution >= 4 is 37.9 Å². The minimum atomic E-state index is -0.364. The fraction of sp³-hybridized carbons (Fsp3) is 0.286. The van der Waals surface area contributed by atoms with E-state index in [0.29, 0.717) is 15.5 Å². The molecule has 0 spiro atoms. The summed E-state index contributed by atoms with van der Waals surface area (Å²) in [6, 6.07) is 3.04. The Morgan fingerprint density at radius 2 is 2.10 bits per heavy atom. The van der Waals surface area contributed by atoms with Gasteiger partial charge in [-0.05, 0) is 27.9 Å². The van der Waals surface area contributed by atoms with Gasteiger partial charge in [-0.2, -0.15) is 0 Å². The Balaban J connectivity index is 2.61. The van der Waals surface area contributed by atoms with Gasteiger partial charge in [-0.3, -0.25) is 9.55 Å². The van der Waals surface area contributed by atoms with E-state index in [0.717, 1.165) is 16.6 Å². The molecule has 0 bridgehead atoms. The average Bonchev–Trinajstić information content (AvgIpc) is 2.67. The lowest BCUT2D eigenvalue weighted by atomic mass is 10.1. The van der Waals surface area contributed by atoms with Crippen molar-refractivity contribution in [2.24, 2.45) is 7.05 Å². The van der Waals surface area contributed by atoms with Crippen LogP contribution in [0.25, 0.3) is 21.9 Å². The van der Waals surface area contributed by atoms with Crippen LogP contribution in [0.3, 0.4) is 0 Å². The van der Waals surface area contributed by atoms with Crippen molar-refractivity contribution in [2.75, 3.05) is 0 Å². The molecule has 0 aliphatic rings. The molecule has 0 atom stereocenters. The van der Waals surface area contributed by atoms with Gasteiger partial charge >= 0.3 is 5.69 Å². The number of imidazole rings is 1. The summed E-state index contributed by atoms with van der Waals surface area (Å²) < 4.78 is 15.6. The lowest BCUT2D eigenvalue weighted by Crippen LogP contribution is -2.13. The molecular formula is C14H13BrFN3O. The third-order valence-electron chi connectivity index (χ3n) is 3.45. The van der Waals surface area contributed by atoms with E-state index < -0.39 is 0 Å². The summed E-state index contributed by atoms with van der Waals surface area (Å²) in [6.07, 6.45) is 0. The van der Waals surface area contributed by atoms with E-state index in [1.807, 2.05) is 13.8 Å². The molecule has 0 radical (unpaired) electrons. The Labute approximate surface area is 122 Å². The standard InChI is InChI=1S/C14H13BrFN3O/c1-6(2)11-13-12(18-14(20)19(13)3)7-4-8(15)9(16)5-10(7)17-11/h4-6H,1-3H3,(H,18,20). The highest BCUT2D eigenvalue weighted by atomic mass is 79.9. The van der Waals surface area contributed by atoms with Crippen LogP contribution in [0, 0.1) is 5.82 Å². The molecule has 2 heterocycles.